The second-order valence-corrected chi connectivity index (χ2v) is 14.3. The summed E-state index contributed by atoms with van der Waals surface area (Å²) in [4.78, 5) is 45.5. The van der Waals surface area contributed by atoms with E-state index in [0.717, 1.165) is 0 Å². The highest BCUT2D eigenvalue weighted by molar-refractivity contribution is 7.09. The van der Waals surface area contributed by atoms with Gasteiger partial charge in [0.05, 0.1) is 22.7 Å². The zero-order valence-electron chi connectivity index (χ0n) is 27.0. The molecule has 0 atom stereocenters. The van der Waals surface area contributed by atoms with Crippen LogP contribution in [-0.4, -0.2) is 46.9 Å². The van der Waals surface area contributed by atoms with Crippen molar-refractivity contribution < 1.29 is 42.9 Å². The lowest BCUT2D eigenvalue weighted by atomic mass is 10.2. The summed E-state index contributed by atoms with van der Waals surface area (Å²) in [5.41, 5.74) is 10.4. The zero-order chi connectivity index (χ0) is 33.8. The number of hydrogen-bond acceptors (Lipinski definition) is 13. The monoisotopic (exact) mass is 646 g/mol. The Balaban J connectivity index is 0.000000693. The first-order chi connectivity index (χ1) is 19.3. The highest BCUT2D eigenvalue weighted by Crippen LogP contribution is 2.27. The van der Waals surface area contributed by atoms with Crippen LogP contribution in [0.1, 0.15) is 83.1 Å². The average Bonchev–Trinajstić information content (AvgIpc) is 3.31. The van der Waals surface area contributed by atoms with Crippen LogP contribution < -0.4 is 22.1 Å². The van der Waals surface area contributed by atoms with Gasteiger partial charge in [-0.1, -0.05) is 0 Å². The Bertz CT molecular complexity index is 1110. The predicted molar refractivity (Wildman–Crippen MR) is 171 cm³/mol. The molecule has 244 valence electrons. The van der Waals surface area contributed by atoms with E-state index < -0.39 is 46.9 Å². The van der Waals surface area contributed by atoms with Crippen molar-refractivity contribution in [3.8, 4) is 0 Å². The number of carbonyl (C=O) groups is 4. The molecule has 2 amide bonds. The predicted octanol–water partition coefficient (Wildman–Crippen LogP) is 8.23. The normalized spacial score (nSPS) is 11.3. The summed E-state index contributed by atoms with van der Waals surface area (Å²) in [7, 11) is 0. The van der Waals surface area contributed by atoms with Gasteiger partial charge >= 0.3 is 24.5 Å². The van der Waals surface area contributed by atoms with E-state index in [1.807, 2.05) is 10.8 Å². The topological polar surface area (TPSA) is 191 Å². The molecule has 6 N–H and O–H groups in total. The zero-order valence-corrected chi connectivity index (χ0v) is 28.6. The SMILES string of the molecule is CC(C)(C)OC(=O)Nc1cscc1NC(=O)OC(C)(C)C.CC(C)(C)OC(=O)OC(=O)OC(C)(C)C.Nc1cscc1N. The largest absolute Gasteiger partial charge is 0.519 e. The number of thiophene rings is 2. The van der Waals surface area contributed by atoms with Crippen LogP contribution in [-0.2, 0) is 23.7 Å². The van der Waals surface area contributed by atoms with Crippen LogP contribution in [0.5, 0.6) is 0 Å². The molecule has 15 heteroatoms. The summed E-state index contributed by atoms with van der Waals surface area (Å²) in [5.74, 6) is 0. The third kappa shape index (κ3) is 21.6. The number of nitrogens with one attached hydrogen (secondary N) is 2. The van der Waals surface area contributed by atoms with Crippen molar-refractivity contribution in [2.24, 2.45) is 0 Å². The molecule has 2 heterocycles. The van der Waals surface area contributed by atoms with Crippen LogP contribution in [0.25, 0.3) is 0 Å². The molecule has 0 fully saturated rings. The van der Waals surface area contributed by atoms with Gasteiger partial charge in [-0.05, 0) is 83.1 Å². The van der Waals surface area contributed by atoms with Crippen molar-refractivity contribution in [3.63, 3.8) is 0 Å². The molecular weight excluding hydrogens is 600 g/mol. The van der Waals surface area contributed by atoms with E-state index in [4.69, 9.17) is 30.4 Å². The molecule has 0 unspecified atom stereocenters. The quantitative estimate of drug-likeness (QED) is 0.140. The van der Waals surface area contributed by atoms with Gasteiger partial charge in [0.2, 0.25) is 0 Å². The lowest BCUT2D eigenvalue weighted by Gasteiger charge is -2.21. The fourth-order valence-electron chi connectivity index (χ4n) is 2.24. The summed E-state index contributed by atoms with van der Waals surface area (Å²) in [5, 5.41) is 12.2. The van der Waals surface area contributed by atoms with E-state index in [1.54, 1.807) is 93.8 Å². The number of anilines is 4. The van der Waals surface area contributed by atoms with Gasteiger partial charge in [-0.15, -0.1) is 22.7 Å². The van der Waals surface area contributed by atoms with Crippen molar-refractivity contribution >= 4 is 69.9 Å². The summed E-state index contributed by atoms with van der Waals surface area (Å²) in [6.45, 7) is 20.7. The molecule has 0 aromatic carbocycles. The van der Waals surface area contributed by atoms with Gasteiger partial charge in [0.1, 0.15) is 22.4 Å². The molecule has 2 rings (SSSR count). The third-order valence-electron chi connectivity index (χ3n) is 3.60. The second kappa shape index (κ2) is 16.2. The van der Waals surface area contributed by atoms with Crippen LogP contribution in [0.15, 0.2) is 21.5 Å². The highest BCUT2D eigenvalue weighted by atomic mass is 32.1. The van der Waals surface area contributed by atoms with E-state index in [1.165, 1.54) is 22.7 Å². The number of hydrogen-bond donors (Lipinski definition) is 4. The Kier molecular flexibility index (Phi) is 14.8. The third-order valence-corrected chi connectivity index (χ3v) is 5.13. The van der Waals surface area contributed by atoms with E-state index in [0.29, 0.717) is 22.7 Å². The first-order valence-corrected chi connectivity index (χ1v) is 14.9. The Labute approximate surface area is 261 Å². The molecule has 0 bridgehead atoms. The molecule has 0 radical (unpaired) electrons. The maximum Gasteiger partial charge on any atom is 0.519 e. The Morgan fingerprint density at radius 3 is 1.05 bits per heavy atom. The maximum absolute atomic E-state index is 11.7. The van der Waals surface area contributed by atoms with Gasteiger partial charge in [-0.2, -0.15) is 0 Å². The van der Waals surface area contributed by atoms with E-state index in [9.17, 15) is 19.2 Å². The molecule has 0 saturated carbocycles. The number of carbonyl (C=O) groups excluding carboxylic acids is 4. The molecule has 2 aromatic heterocycles. The molecular formula is C28H46N4O9S2. The molecule has 13 nitrogen and oxygen atoms in total. The molecule has 0 saturated heterocycles. The van der Waals surface area contributed by atoms with Gasteiger partial charge < -0.3 is 35.2 Å². The van der Waals surface area contributed by atoms with E-state index in [2.05, 4.69) is 15.4 Å². The van der Waals surface area contributed by atoms with Crippen molar-refractivity contribution in [3.05, 3.63) is 21.5 Å². The molecule has 0 aliphatic rings. The minimum Gasteiger partial charge on any atom is -0.444 e. The number of nitrogen functional groups attached to an aromatic ring is 2. The summed E-state index contributed by atoms with van der Waals surface area (Å²) >= 11 is 2.86. The molecule has 0 spiro atoms. The van der Waals surface area contributed by atoms with Crippen LogP contribution in [0.4, 0.5) is 41.9 Å². The standard InChI is InChI=1S/C14H22N2O4S.C10H18O5.C4H6N2S/c1-13(2,3)19-11(17)15-9-7-21-8-10(9)16-12(18)20-14(4,5)6;1-9(2,3)14-7(11)13-8(12)15-10(4,5)6;5-3-1-7-2-4(3)6/h7-8H,1-6H3,(H,15,17)(H,16,18);1-6H3;1-2H,5-6H2. The maximum atomic E-state index is 11.7. The minimum atomic E-state index is -1.06. The Morgan fingerprint density at radius 2 is 0.814 bits per heavy atom. The molecule has 43 heavy (non-hydrogen) atoms. The fraction of sp³-hybridized carbons (Fsp3) is 0.571. The summed E-state index contributed by atoms with van der Waals surface area (Å²) in [6.07, 6.45) is -3.27. The van der Waals surface area contributed by atoms with Gasteiger partial charge in [0.25, 0.3) is 0 Å². The van der Waals surface area contributed by atoms with Crippen molar-refractivity contribution in [2.45, 2.75) is 105 Å². The average molecular weight is 647 g/mol. The van der Waals surface area contributed by atoms with Gasteiger partial charge in [0.15, 0.2) is 0 Å². The second-order valence-electron chi connectivity index (χ2n) is 12.8. The molecule has 2 aromatic rings. The first kappa shape index (κ1) is 39.3. The van der Waals surface area contributed by atoms with Crippen LogP contribution in [0.2, 0.25) is 0 Å². The summed E-state index contributed by atoms with van der Waals surface area (Å²) < 4.78 is 24.1. The number of nitrogens with two attached hydrogens (primary N) is 2. The molecule has 0 aliphatic carbocycles. The van der Waals surface area contributed by atoms with Crippen LogP contribution in [0.3, 0.4) is 0 Å². The fourth-order valence-corrected chi connectivity index (χ4v) is 3.59. The smallest absolute Gasteiger partial charge is 0.444 e. The highest BCUT2D eigenvalue weighted by Gasteiger charge is 2.24. The number of ether oxygens (including phenoxy) is 5. The molecule has 0 aliphatic heterocycles. The minimum absolute atomic E-state index is 0.472. The lowest BCUT2D eigenvalue weighted by Crippen LogP contribution is -2.29. The van der Waals surface area contributed by atoms with Gasteiger partial charge in [-0.25, -0.2) is 19.2 Å². The first-order valence-electron chi connectivity index (χ1n) is 13.0. The van der Waals surface area contributed by atoms with E-state index >= 15 is 0 Å². The van der Waals surface area contributed by atoms with Gasteiger partial charge in [0, 0.05) is 21.5 Å². The van der Waals surface area contributed by atoms with E-state index in [-0.39, 0.29) is 0 Å². The number of amides is 2. The van der Waals surface area contributed by atoms with Crippen LogP contribution in [0, 0.1) is 0 Å². The van der Waals surface area contributed by atoms with Crippen LogP contribution >= 0.6 is 22.7 Å². The lowest BCUT2D eigenvalue weighted by molar-refractivity contribution is -0.0294. The van der Waals surface area contributed by atoms with Crippen molar-refractivity contribution in [2.75, 3.05) is 22.1 Å². The van der Waals surface area contributed by atoms with Crippen molar-refractivity contribution in [1.82, 2.24) is 0 Å². The Hall–Kier alpha value is -3.72. The Morgan fingerprint density at radius 1 is 0.535 bits per heavy atom. The summed E-state index contributed by atoms with van der Waals surface area (Å²) in [6, 6.07) is 0. The van der Waals surface area contributed by atoms with Gasteiger partial charge in [-0.3, -0.25) is 10.6 Å². The number of rotatable bonds is 2. The van der Waals surface area contributed by atoms with Crippen molar-refractivity contribution in [1.29, 1.82) is 0 Å².